The average Bonchev–Trinajstić information content (AvgIpc) is 2.29. The summed E-state index contributed by atoms with van der Waals surface area (Å²) >= 11 is 5.33. The first-order valence-electron chi connectivity index (χ1n) is 3.24. The van der Waals surface area contributed by atoms with Gasteiger partial charge in [-0.3, -0.25) is 0 Å². The second-order valence-electron chi connectivity index (χ2n) is 2.39. The third kappa shape index (κ3) is 1.33. The fraction of sp³-hybridized carbons (Fsp3) is 0. The van der Waals surface area contributed by atoms with Crippen LogP contribution in [0, 0.1) is 3.57 Å². The van der Waals surface area contributed by atoms with E-state index in [-0.39, 0.29) is 5.75 Å². The van der Waals surface area contributed by atoms with E-state index in [0.29, 0.717) is 10.3 Å². The van der Waals surface area contributed by atoms with Crippen molar-refractivity contribution >= 4 is 49.5 Å². The summed E-state index contributed by atoms with van der Waals surface area (Å²) in [5.41, 5.74) is 0.700. The Kier molecular flexibility index (Phi) is 2.04. The molecule has 2 aromatic rings. The van der Waals surface area contributed by atoms with E-state index in [1.54, 1.807) is 12.1 Å². The van der Waals surface area contributed by atoms with E-state index >= 15 is 0 Å². The molecule has 0 aliphatic rings. The van der Waals surface area contributed by atoms with E-state index in [4.69, 9.17) is 4.42 Å². The molecule has 4 heteroatoms. The molecule has 2 rings (SSSR count). The summed E-state index contributed by atoms with van der Waals surface area (Å²) in [4.78, 5) is 0. The molecule has 0 atom stereocenters. The van der Waals surface area contributed by atoms with Gasteiger partial charge in [-0.05, 0) is 50.7 Å². The van der Waals surface area contributed by atoms with Crippen LogP contribution in [-0.4, -0.2) is 5.11 Å². The molecule has 62 valence electrons. The Hall–Kier alpha value is -0.230. The van der Waals surface area contributed by atoms with Crippen LogP contribution in [0.5, 0.6) is 5.75 Å². The number of furan rings is 1. The lowest BCUT2D eigenvalue weighted by Gasteiger charge is -1.93. The Morgan fingerprint density at radius 2 is 2.08 bits per heavy atom. The van der Waals surface area contributed by atoms with Crippen LogP contribution in [0.4, 0.5) is 0 Å². The maximum absolute atomic E-state index is 9.48. The van der Waals surface area contributed by atoms with Gasteiger partial charge < -0.3 is 9.52 Å². The van der Waals surface area contributed by atoms with Crippen LogP contribution in [0.2, 0.25) is 0 Å². The largest absolute Gasteiger partial charge is 0.507 e. The molecule has 0 saturated carbocycles. The molecule has 0 amide bonds. The van der Waals surface area contributed by atoms with Crippen molar-refractivity contribution in [3.8, 4) is 5.75 Å². The van der Waals surface area contributed by atoms with Crippen LogP contribution in [-0.2, 0) is 0 Å². The predicted octanol–water partition coefficient (Wildman–Crippen LogP) is 3.51. The minimum absolute atomic E-state index is 0.256. The van der Waals surface area contributed by atoms with Gasteiger partial charge in [-0.1, -0.05) is 0 Å². The first-order chi connectivity index (χ1) is 5.66. The van der Waals surface area contributed by atoms with Gasteiger partial charge in [0.25, 0.3) is 0 Å². The van der Waals surface area contributed by atoms with Gasteiger partial charge in [0, 0.05) is 9.64 Å². The van der Waals surface area contributed by atoms with E-state index < -0.39 is 0 Å². The SMILES string of the molecule is Oc1cc(I)cc2oc(Br)cc12. The molecule has 0 spiro atoms. The lowest BCUT2D eigenvalue weighted by molar-refractivity contribution is 0.480. The van der Waals surface area contributed by atoms with Crippen LogP contribution >= 0.6 is 38.5 Å². The Morgan fingerprint density at radius 1 is 1.33 bits per heavy atom. The van der Waals surface area contributed by atoms with Crippen LogP contribution in [0.15, 0.2) is 27.3 Å². The number of phenols is 1. The Bertz CT molecular complexity index is 436. The summed E-state index contributed by atoms with van der Waals surface area (Å²) in [6.45, 7) is 0. The van der Waals surface area contributed by atoms with Crippen LogP contribution in [0.3, 0.4) is 0 Å². The molecule has 1 aromatic heterocycles. The normalized spacial score (nSPS) is 10.8. The molecule has 2 nitrogen and oxygen atoms in total. The lowest BCUT2D eigenvalue weighted by Crippen LogP contribution is -1.70. The minimum atomic E-state index is 0.256. The zero-order chi connectivity index (χ0) is 8.72. The van der Waals surface area contributed by atoms with Gasteiger partial charge in [-0.15, -0.1) is 0 Å². The number of phenolic OH excluding ortho intramolecular Hbond substituents is 1. The number of halogens is 2. The van der Waals surface area contributed by atoms with Crippen molar-refractivity contribution in [3.63, 3.8) is 0 Å². The maximum Gasteiger partial charge on any atom is 0.170 e. The molecule has 0 unspecified atom stereocenters. The molecule has 0 aliphatic carbocycles. The molecule has 0 fully saturated rings. The van der Waals surface area contributed by atoms with Gasteiger partial charge in [0.2, 0.25) is 0 Å². The second-order valence-corrected chi connectivity index (χ2v) is 4.41. The Balaban J connectivity index is 2.88. The smallest absolute Gasteiger partial charge is 0.170 e. The van der Waals surface area contributed by atoms with E-state index in [2.05, 4.69) is 38.5 Å². The predicted molar refractivity (Wildman–Crippen MR) is 58.3 cm³/mol. The molecule has 0 radical (unpaired) electrons. The number of hydrogen-bond donors (Lipinski definition) is 1. The van der Waals surface area contributed by atoms with Gasteiger partial charge in [0.1, 0.15) is 11.3 Å². The molecule has 12 heavy (non-hydrogen) atoms. The highest BCUT2D eigenvalue weighted by atomic mass is 127. The first-order valence-corrected chi connectivity index (χ1v) is 5.11. The molecule has 1 heterocycles. The Labute approximate surface area is 90.8 Å². The zero-order valence-corrected chi connectivity index (χ0v) is 9.59. The maximum atomic E-state index is 9.48. The monoisotopic (exact) mass is 338 g/mol. The summed E-state index contributed by atoms with van der Waals surface area (Å²) in [5, 5.41) is 10.2. The quantitative estimate of drug-likeness (QED) is 0.746. The topological polar surface area (TPSA) is 33.4 Å². The fourth-order valence-electron chi connectivity index (χ4n) is 1.06. The van der Waals surface area contributed by atoms with Crippen molar-refractivity contribution in [2.24, 2.45) is 0 Å². The lowest BCUT2D eigenvalue weighted by atomic mass is 10.2. The van der Waals surface area contributed by atoms with Crippen molar-refractivity contribution < 1.29 is 9.52 Å². The number of hydrogen-bond acceptors (Lipinski definition) is 2. The number of fused-ring (bicyclic) bond motifs is 1. The Morgan fingerprint density at radius 3 is 2.83 bits per heavy atom. The molecule has 0 saturated heterocycles. The summed E-state index contributed by atoms with van der Waals surface area (Å²) in [7, 11) is 0. The number of benzene rings is 1. The van der Waals surface area contributed by atoms with Crippen molar-refractivity contribution in [2.75, 3.05) is 0 Å². The van der Waals surface area contributed by atoms with Crippen molar-refractivity contribution in [1.82, 2.24) is 0 Å². The third-order valence-electron chi connectivity index (χ3n) is 1.55. The molecular formula is C8H4BrIO2. The second kappa shape index (κ2) is 2.92. The average molecular weight is 339 g/mol. The van der Waals surface area contributed by atoms with Gasteiger partial charge in [0.05, 0.1) is 5.39 Å². The van der Waals surface area contributed by atoms with Crippen LogP contribution in [0.25, 0.3) is 11.0 Å². The summed E-state index contributed by atoms with van der Waals surface area (Å²) in [5.74, 6) is 0.256. The third-order valence-corrected chi connectivity index (χ3v) is 2.56. The molecule has 0 bridgehead atoms. The molecule has 0 aliphatic heterocycles. The van der Waals surface area contributed by atoms with Crippen molar-refractivity contribution in [2.45, 2.75) is 0 Å². The van der Waals surface area contributed by atoms with E-state index in [9.17, 15) is 5.11 Å². The van der Waals surface area contributed by atoms with Gasteiger partial charge in [0.15, 0.2) is 4.67 Å². The van der Waals surface area contributed by atoms with Crippen molar-refractivity contribution in [1.29, 1.82) is 0 Å². The summed E-state index contributed by atoms with van der Waals surface area (Å²) < 4.78 is 6.87. The highest BCUT2D eigenvalue weighted by Crippen LogP contribution is 2.31. The van der Waals surface area contributed by atoms with Gasteiger partial charge >= 0.3 is 0 Å². The minimum Gasteiger partial charge on any atom is -0.507 e. The molecule has 1 N–H and O–H groups in total. The van der Waals surface area contributed by atoms with E-state index in [1.807, 2.05) is 6.07 Å². The zero-order valence-electron chi connectivity index (χ0n) is 5.84. The van der Waals surface area contributed by atoms with E-state index in [1.165, 1.54) is 0 Å². The highest BCUT2D eigenvalue weighted by molar-refractivity contribution is 14.1. The van der Waals surface area contributed by atoms with Crippen LogP contribution in [0.1, 0.15) is 0 Å². The highest BCUT2D eigenvalue weighted by Gasteiger charge is 2.06. The standard InChI is InChI=1S/C8H4BrIO2/c9-8-3-5-6(11)1-4(10)2-7(5)12-8/h1-3,11H. The molecular weight excluding hydrogens is 335 g/mol. The molecule has 1 aromatic carbocycles. The fourth-order valence-corrected chi connectivity index (χ4v) is 2.04. The van der Waals surface area contributed by atoms with Crippen molar-refractivity contribution in [3.05, 3.63) is 26.4 Å². The van der Waals surface area contributed by atoms with Gasteiger partial charge in [-0.2, -0.15) is 0 Å². The first kappa shape index (κ1) is 8.37. The number of rotatable bonds is 0. The van der Waals surface area contributed by atoms with Gasteiger partial charge in [-0.25, -0.2) is 0 Å². The van der Waals surface area contributed by atoms with E-state index in [0.717, 1.165) is 8.96 Å². The van der Waals surface area contributed by atoms with Crippen LogP contribution < -0.4 is 0 Å². The number of aromatic hydroxyl groups is 1. The summed E-state index contributed by atoms with van der Waals surface area (Å²) in [6.07, 6.45) is 0. The summed E-state index contributed by atoms with van der Waals surface area (Å²) in [6, 6.07) is 5.33.